The quantitative estimate of drug-likeness (QED) is 0.856. The van der Waals surface area contributed by atoms with Crippen molar-refractivity contribution >= 4 is 5.97 Å². The number of rotatable bonds is 4. The second-order valence-electron chi connectivity index (χ2n) is 6.30. The maximum absolute atomic E-state index is 11.5. The Morgan fingerprint density at radius 2 is 2.20 bits per heavy atom. The lowest BCUT2D eigenvalue weighted by molar-refractivity contribution is 0.0553. The Labute approximate surface area is 120 Å². The third-order valence-corrected chi connectivity index (χ3v) is 4.62. The van der Waals surface area contributed by atoms with Crippen LogP contribution in [0.4, 0.5) is 0 Å². The van der Waals surface area contributed by atoms with Gasteiger partial charge in [-0.05, 0) is 43.4 Å². The van der Waals surface area contributed by atoms with Gasteiger partial charge >= 0.3 is 5.97 Å². The van der Waals surface area contributed by atoms with Gasteiger partial charge in [-0.25, -0.2) is 4.79 Å². The van der Waals surface area contributed by atoms with Crippen LogP contribution in [0, 0.1) is 11.3 Å². The standard InChI is InChI=1S/C16H25NO3/c1-16(2)10-6-5-7-11(16)14(17-3)12-8-9-13(20-12)15(18)19-4/h8-9,11,14,17H,5-7,10H2,1-4H3. The van der Waals surface area contributed by atoms with Crippen molar-refractivity contribution in [1.82, 2.24) is 5.32 Å². The fourth-order valence-corrected chi connectivity index (χ4v) is 3.41. The van der Waals surface area contributed by atoms with Crippen molar-refractivity contribution in [3.63, 3.8) is 0 Å². The van der Waals surface area contributed by atoms with Gasteiger partial charge in [-0.15, -0.1) is 0 Å². The molecule has 0 saturated heterocycles. The number of hydrogen-bond donors (Lipinski definition) is 1. The van der Waals surface area contributed by atoms with Crippen LogP contribution in [0.5, 0.6) is 0 Å². The lowest BCUT2D eigenvalue weighted by Gasteiger charge is -2.42. The first-order valence-electron chi connectivity index (χ1n) is 7.35. The van der Waals surface area contributed by atoms with Gasteiger partial charge in [0, 0.05) is 0 Å². The molecule has 0 aromatic carbocycles. The van der Waals surface area contributed by atoms with Crippen LogP contribution in [0.3, 0.4) is 0 Å². The van der Waals surface area contributed by atoms with Crippen LogP contribution < -0.4 is 5.32 Å². The fraction of sp³-hybridized carbons (Fsp3) is 0.688. The molecular formula is C16H25NO3. The van der Waals surface area contributed by atoms with E-state index in [2.05, 4.69) is 19.2 Å². The number of ether oxygens (including phenoxy) is 1. The summed E-state index contributed by atoms with van der Waals surface area (Å²) in [5, 5.41) is 3.37. The molecule has 1 fully saturated rings. The summed E-state index contributed by atoms with van der Waals surface area (Å²) in [5.41, 5.74) is 0.282. The van der Waals surface area contributed by atoms with E-state index in [1.807, 2.05) is 13.1 Å². The molecule has 0 amide bonds. The zero-order valence-corrected chi connectivity index (χ0v) is 12.9. The molecule has 1 heterocycles. The molecule has 4 nitrogen and oxygen atoms in total. The molecule has 1 saturated carbocycles. The van der Waals surface area contributed by atoms with Gasteiger partial charge in [0.1, 0.15) is 5.76 Å². The van der Waals surface area contributed by atoms with Gasteiger partial charge in [-0.2, -0.15) is 0 Å². The maximum atomic E-state index is 11.5. The predicted molar refractivity (Wildman–Crippen MR) is 77.6 cm³/mol. The number of carbonyl (C=O) groups is 1. The van der Waals surface area contributed by atoms with Gasteiger partial charge in [0.05, 0.1) is 13.2 Å². The first kappa shape index (κ1) is 15.1. The van der Waals surface area contributed by atoms with Gasteiger partial charge in [0.15, 0.2) is 0 Å². The summed E-state index contributed by atoms with van der Waals surface area (Å²) >= 11 is 0. The van der Waals surface area contributed by atoms with Crippen molar-refractivity contribution < 1.29 is 13.9 Å². The molecule has 2 unspecified atom stereocenters. The number of hydrogen-bond acceptors (Lipinski definition) is 4. The minimum atomic E-state index is -0.422. The first-order valence-corrected chi connectivity index (χ1v) is 7.35. The van der Waals surface area contributed by atoms with E-state index in [1.165, 1.54) is 32.8 Å². The Morgan fingerprint density at radius 1 is 1.45 bits per heavy atom. The molecule has 0 bridgehead atoms. The van der Waals surface area contributed by atoms with Gasteiger partial charge < -0.3 is 14.5 Å². The highest BCUT2D eigenvalue weighted by atomic mass is 16.5. The number of carbonyl (C=O) groups excluding carboxylic acids is 1. The lowest BCUT2D eigenvalue weighted by Crippen LogP contribution is -2.37. The molecule has 2 atom stereocenters. The molecule has 2 rings (SSSR count). The summed E-state index contributed by atoms with van der Waals surface area (Å²) in [6.45, 7) is 4.65. The van der Waals surface area contributed by atoms with Crippen molar-refractivity contribution in [2.24, 2.45) is 11.3 Å². The summed E-state index contributed by atoms with van der Waals surface area (Å²) < 4.78 is 10.4. The number of methoxy groups -OCH3 is 1. The average Bonchev–Trinajstić information content (AvgIpc) is 2.90. The molecule has 1 aliphatic carbocycles. The molecule has 1 N–H and O–H groups in total. The van der Waals surface area contributed by atoms with Crippen LogP contribution in [0.15, 0.2) is 16.5 Å². The minimum absolute atomic E-state index is 0.142. The highest BCUT2D eigenvalue weighted by Gasteiger charge is 2.39. The van der Waals surface area contributed by atoms with E-state index in [0.29, 0.717) is 5.92 Å². The Morgan fingerprint density at radius 3 is 2.80 bits per heavy atom. The monoisotopic (exact) mass is 279 g/mol. The summed E-state index contributed by atoms with van der Waals surface area (Å²) in [7, 11) is 3.32. The lowest BCUT2D eigenvalue weighted by atomic mass is 9.65. The van der Waals surface area contributed by atoms with Crippen LogP contribution >= 0.6 is 0 Å². The summed E-state index contributed by atoms with van der Waals surface area (Å²) in [6.07, 6.45) is 4.98. The molecule has 0 spiro atoms. The van der Waals surface area contributed by atoms with Crippen molar-refractivity contribution in [2.75, 3.05) is 14.2 Å². The normalized spacial score (nSPS) is 23.3. The van der Waals surface area contributed by atoms with Gasteiger partial charge in [-0.1, -0.05) is 26.7 Å². The van der Waals surface area contributed by atoms with Crippen LogP contribution in [-0.4, -0.2) is 20.1 Å². The van der Waals surface area contributed by atoms with E-state index in [0.717, 1.165) is 5.76 Å². The second kappa shape index (κ2) is 6.00. The number of nitrogens with one attached hydrogen (secondary N) is 1. The van der Waals surface area contributed by atoms with Crippen LogP contribution in [0.25, 0.3) is 0 Å². The summed E-state index contributed by atoms with van der Waals surface area (Å²) in [5.74, 6) is 1.19. The van der Waals surface area contributed by atoms with Crippen molar-refractivity contribution in [3.05, 3.63) is 23.7 Å². The van der Waals surface area contributed by atoms with Crippen LogP contribution in [0.2, 0.25) is 0 Å². The predicted octanol–water partition coefficient (Wildman–Crippen LogP) is 3.54. The molecule has 0 radical (unpaired) electrons. The largest absolute Gasteiger partial charge is 0.463 e. The van der Waals surface area contributed by atoms with E-state index in [-0.39, 0.29) is 17.2 Å². The van der Waals surface area contributed by atoms with Crippen LogP contribution in [0.1, 0.15) is 61.9 Å². The Balaban J connectivity index is 2.23. The van der Waals surface area contributed by atoms with E-state index in [1.54, 1.807) is 6.07 Å². The highest BCUT2D eigenvalue weighted by molar-refractivity contribution is 5.86. The third kappa shape index (κ3) is 2.90. The van der Waals surface area contributed by atoms with Gasteiger partial charge in [0.2, 0.25) is 5.76 Å². The molecule has 0 aliphatic heterocycles. The summed E-state index contributed by atoms with van der Waals surface area (Å²) in [6, 6.07) is 3.73. The molecule has 112 valence electrons. The molecule has 20 heavy (non-hydrogen) atoms. The smallest absolute Gasteiger partial charge is 0.373 e. The molecular weight excluding hydrogens is 254 g/mol. The molecule has 1 aromatic heterocycles. The summed E-state index contributed by atoms with van der Waals surface area (Å²) in [4.78, 5) is 11.5. The van der Waals surface area contributed by atoms with Crippen LogP contribution in [-0.2, 0) is 4.74 Å². The van der Waals surface area contributed by atoms with Crippen molar-refractivity contribution in [1.29, 1.82) is 0 Å². The maximum Gasteiger partial charge on any atom is 0.373 e. The Bertz CT molecular complexity index is 464. The average molecular weight is 279 g/mol. The molecule has 4 heteroatoms. The van der Waals surface area contributed by atoms with E-state index < -0.39 is 5.97 Å². The van der Waals surface area contributed by atoms with Gasteiger partial charge in [-0.3, -0.25) is 0 Å². The van der Waals surface area contributed by atoms with E-state index in [9.17, 15) is 4.79 Å². The third-order valence-electron chi connectivity index (χ3n) is 4.62. The SMILES string of the molecule is CNC(c1ccc(C(=O)OC)o1)C1CCCCC1(C)C. The molecule has 1 aliphatic rings. The zero-order chi connectivity index (χ0) is 14.8. The Kier molecular flexibility index (Phi) is 4.53. The zero-order valence-electron chi connectivity index (χ0n) is 12.9. The number of esters is 1. The van der Waals surface area contributed by atoms with E-state index >= 15 is 0 Å². The van der Waals surface area contributed by atoms with Gasteiger partial charge in [0.25, 0.3) is 0 Å². The second-order valence-corrected chi connectivity index (χ2v) is 6.30. The number of furan rings is 1. The van der Waals surface area contributed by atoms with Crippen molar-refractivity contribution in [2.45, 2.75) is 45.6 Å². The Hall–Kier alpha value is -1.29. The fourth-order valence-electron chi connectivity index (χ4n) is 3.41. The first-order chi connectivity index (χ1) is 9.49. The molecule has 1 aromatic rings. The topological polar surface area (TPSA) is 51.5 Å². The highest BCUT2D eigenvalue weighted by Crippen LogP contribution is 2.46. The van der Waals surface area contributed by atoms with E-state index in [4.69, 9.17) is 9.15 Å². The minimum Gasteiger partial charge on any atom is -0.463 e. The van der Waals surface area contributed by atoms with Crippen molar-refractivity contribution in [3.8, 4) is 0 Å².